The van der Waals surface area contributed by atoms with Gasteiger partial charge in [0.25, 0.3) is 0 Å². The summed E-state index contributed by atoms with van der Waals surface area (Å²) in [5, 5.41) is 23.9. The van der Waals surface area contributed by atoms with Gasteiger partial charge in [-0.3, -0.25) is 0 Å². The average molecular weight is 452 g/mol. The summed E-state index contributed by atoms with van der Waals surface area (Å²) >= 11 is 6.03. The predicted molar refractivity (Wildman–Crippen MR) is 126 cm³/mol. The summed E-state index contributed by atoms with van der Waals surface area (Å²) in [6.45, 7) is 0.466. The largest absolute Gasteiger partial charge is 0.496 e. The van der Waals surface area contributed by atoms with Gasteiger partial charge in [-0.2, -0.15) is 0 Å². The van der Waals surface area contributed by atoms with E-state index in [4.69, 9.17) is 16.3 Å². The Kier molecular flexibility index (Phi) is 6.80. The standard InChI is InChI=1S/C26H26ClNO4/c1-32-25-14-18(8-10-23(25)26(30)31)17-6-5-16-7-9-22(13-20(16)11-17)28-15-24(29)19-3-2-4-21(27)12-19/h2-6,8,10-12,14,22,24,28-29H,7,9,13,15H2,1H3,(H,30,31)/t22-,24-/m0/s1. The summed E-state index contributed by atoms with van der Waals surface area (Å²) in [6, 6.07) is 19.1. The molecule has 0 bridgehead atoms. The Morgan fingerprint density at radius 2 is 1.91 bits per heavy atom. The van der Waals surface area contributed by atoms with E-state index < -0.39 is 12.1 Å². The maximum atomic E-state index is 11.4. The molecule has 0 saturated heterocycles. The second kappa shape index (κ2) is 9.74. The molecule has 0 unspecified atom stereocenters. The predicted octanol–water partition coefficient (Wildman–Crippen LogP) is 4.89. The molecule has 4 rings (SSSR count). The van der Waals surface area contributed by atoms with Crippen molar-refractivity contribution in [2.75, 3.05) is 13.7 Å². The van der Waals surface area contributed by atoms with E-state index in [1.165, 1.54) is 18.2 Å². The highest BCUT2D eigenvalue weighted by Gasteiger charge is 2.20. The number of methoxy groups -OCH3 is 1. The van der Waals surface area contributed by atoms with E-state index in [2.05, 4.69) is 23.5 Å². The molecule has 3 aromatic rings. The molecule has 0 heterocycles. The zero-order chi connectivity index (χ0) is 22.7. The number of ether oxygens (including phenoxy) is 1. The number of fused-ring (bicyclic) bond motifs is 1. The van der Waals surface area contributed by atoms with Gasteiger partial charge in [-0.1, -0.05) is 48.0 Å². The normalized spacial score (nSPS) is 16.3. The number of carboxylic acid groups (broad SMARTS) is 1. The fourth-order valence-corrected chi connectivity index (χ4v) is 4.47. The third-order valence-electron chi connectivity index (χ3n) is 6.03. The number of carboxylic acids is 1. The molecule has 0 radical (unpaired) electrons. The van der Waals surface area contributed by atoms with E-state index in [0.29, 0.717) is 17.3 Å². The van der Waals surface area contributed by atoms with Crippen LogP contribution in [0, 0.1) is 0 Å². The van der Waals surface area contributed by atoms with Crippen molar-refractivity contribution in [3.05, 3.63) is 87.9 Å². The fourth-order valence-electron chi connectivity index (χ4n) is 4.27. The molecule has 3 aromatic carbocycles. The second-order valence-corrected chi connectivity index (χ2v) is 8.56. The van der Waals surface area contributed by atoms with Gasteiger partial charge in [0, 0.05) is 17.6 Å². The Labute approximate surface area is 192 Å². The molecule has 3 N–H and O–H groups in total. The first-order valence-electron chi connectivity index (χ1n) is 10.6. The molecule has 1 aliphatic carbocycles. The van der Waals surface area contributed by atoms with Gasteiger partial charge in [-0.15, -0.1) is 0 Å². The minimum Gasteiger partial charge on any atom is -0.496 e. The van der Waals surface area contributed by atoms with Crippen LogP contribution in [0.4, 0.5) is 0 Å². The van der Waals surface area contributed by atoms with Crippen LogP contribution in [0.2, 0.25) is 5.02 Å². The molecule has 5 nitrogen and oxygen atoms in total. The summed E-state index contributed by atoms with van der Waals surface area (Å²) in [5.74, 6) is -0.657. The molecule has 0 saturated carbocycles. The molecule has 0 fully saturated rings. The van der Waals surface area contributed by atoms with Gasteiger partial charge < -0.3 is 20.3 Å². The maximum Gasteiger partial charge on any atom is 0.339 e. The van der Waals surface area contributed by atoms with Crippen molar-refractivity contribution in [2.45, 2.75) is 31.4 Å². The summed E-state index contributed by atoms with van der Waals surface area (Å²) < 4.78 is 5.27. The first-order valence-corrected chi connectivity index (χ1v) is 11.0. The molecule has 2 atom stereocenters. The Morgan fingerprint density at radius 3 is 2.66 bits per heavy atom. The number of benzene rings is 3. The summed E-state index contributed by atoms with van der Waals surface area (Å²) in [6.07, 6.45) is 2.24. The van der Waals surface area contributed by atoms with E-state index in [-0.39, 0.29) is 11.6 Å². The number of aryl methyl sites for hydroxylation is 1. The summed E-state index contributed by atoms with van der Waals surface area (Å²) in [7, 11) is 1.48. The van der Waals surface area contributed by atoms with E-state index >= 15 is 0 Å². The van der Waals surface area contributed by atoms with Crippen molar-refractivity contribution in [2.24, 2.45) is 0 Å². The minimum absolute atomic E-state index is 0.150. The van der Waals surface area contributed by atoms with Crippen LogP contribution in [0.25, 0.3) is 11.1 Å². The molecular weight excluding hydrogens is 426 g/mol. The number of rotatable bonds is 7. The Bertz CT molecular complexity index is 1130. The molecule has 32 heavy (non-hydrogen) atoms. The van der Waals surface area contributed by atoms with Gasteiger partial charge in [0.15, 0.2) is 0 Å². The van der Waals surface area contributed by atoms with Crippen LogP contribution in [-0.4, -0.2) is 35.9 Å². The highest BCUT2D eigenvalue weighted by Crippen LogP contribution is 2.31. The first kappa shape index (κ1) is 22.3. The number of nitrogens with one attached hydrogen (secondary N) is 1. The van der Waals surface area contributed by atoms with Crippen molar-refractivity contribution in [3.63, 3.8) is 0 Å². The molecule has 0 spiro atoms. The van der Waals surface area contributed by atoms with Crippen molar-refractivity contribution < 1.29 is 19.7 Å². The summed E-state index contributed by atoms with van der Waals surface area (Å²) in [4.78, 5) is 11.4. The first-order chi connectivity index (χ1) is 15.4. The number of hydrogen-bond donors (Lipinski definition) is 3. The lowest BCUT2D eigenvalue weighted by Gasteiger charge is -2.27. The Hall–Kier alpha value is -2.86. The van der Waals surface area contributed by atoms with Crippen molar-refractivity contribution in [3.8, 4) is 16.9 Å². The van der Waals surface area contributed by atoms with Crippen molar-refractivity contribution >= 4 is 17.6 Å². The molecular formula is C26H26ClNO4. The molecule has 166 valence electrons. The lowest BCUT2D eigenvalue weighted by atomic mass is 9.86. The monoisotopic (exact) mass is 451 g/mol. The topological polar surface area (TPSA) is 78.8 Å². The second-order valence-electron chi connectivity index (χ2n) is 8.12. The quantitative estimate of drug-likeness (QED) is 0.476. The maximum absolute atomic E-state index is 11.4. The number of aliphatic hydroxyl groups excluding tert-OH is 1. The zero-order valence-electron chi connectivity index (χ0n) is 17.8. The van der Waals surface area contributed by atoms with E-state index in [9.17, 15) is 15.0 Å². The lowest BCUT2D eigenvalue weighted by molar-refractivity contribution is 0.0693. The minimum atomic E-state index is -1.01. The molecule has 0 aliphatic heterocycles. The van der Waals surface area contributed by atoms with E-state index in [1.807, 2.05) is 18.2 Å². The lowest BCUT2D eigenvalue weighted by Crippen LogP contribution is -2.37. The average Bonchev–Trinajstić information content (AvgIpc) is 2.81. The van der Waals surface area contributed by atoms with Gasteiger partial charge >= 0.3 is 5.97 Å². The zero-order valence-corrected chi connectivity index (χ0v) is 18.6. The summed E-state index contributed by atoms with van der Waals surface area (Å²) in [5.41, 5.74) is 5.50. The van der Waals surface area contributed by atoms with Crippen molar-refractivity contribution in [1.29, 1.82) is 0 Å². The van der Waals surface area contributed by atoms with Gasteiger partial charge in [-0.05, 0) is 71.3 Å². The Balaban J connectivity index is 1.47. The van der Waals surface area contributed by atoms with E-state index in [1.54, 1.807) is 24.3 Å². The number of aliphatic hydroxyl groups is 1. The van der Waals surface area contributed by atoms with Crippen LogP contribution in [-0.2, 0) is 12.8 Å². The fraction of sp³-hybridized carbons (Fsp3) is 0.269. The van der Waals surface area contributed by atoms with Crippen LogP contribution < -0.4 is 10.1 Å². The number of aromatic carboxylic acids is 1. The van der Waals surface area contributed by atoms with E-state index in [0.717, 1.165) is 36.0 Å². The van der Waals surface area contributed by atoms with Gasteiger partial charge in [-0.25, -0.2) is 4.79 Å². The molecule has 0 amide bonds. The highest BCUT2D eigenvalue weighted by atomic mass is 35.5. The number of carbonyl (C=O) groups is 1. The third kappa shape index (κ3) is 4.96. The van der Waals surface area contributed by atoms with Crippen LogP contribution in [0.5, 0.6) is 5.75 Å². The third-order valence-corrected chi connectivity index (χ3v) is 6.27. The SMILES string of the molecule is COc1cc(-c2ccc3c(c2)C[C@@H](NC[C@H](O)c2cccc(Cl)c2)CC3)ccc1C(=O)O. The highest BCUT2D eigenvalue weighted by molar-refractivity contribution is 6.30. The van der Waals surface area contributed by atoms with Crippen molar-refractivity contribution in [1.82, 2.24) is 5.32 Å². The number of halogens is 1. The molecule has 1 aliphatic rings. The number of hydrogen-bond acceptors (Lipinski definition) is 4. The molecule has 6 heteroatoms. The van der Waals surface area contributed by atoms with Gasteiger partial charge in [0.05, 0.1) is 13.2 Å². The smallest absolute Gasteiger partial charge is 0.339 e. The van der Waals surface area contributed by atoms with Crippen LogP contribution in [0.3, 0.4) is 0 Å². The van der Waals surface area contributed by atoms with Gasteiger partial charge in [0.1, 0.15) is 11.3 Å². The Morgan fingerprint density at radius 1 is 1.12 bits per heavy atom. The van der Waals surface area contributed by atoms with Crippen LogP contribution in [0.15, 0.2) is 60.7 Å². The molecule has 0 aromatic heterocycles. The van der Waals surface area contributed by atoms with Crippen LogP contribution in [0.1, 0.15) is 39.6 Å². The van der Waals surface area contributed by atoms with Gasteiger partial charge in [0.2, 0.25) is 0 Å². The van der Waals surface area contributed by atoms with Crippen LogP contribution >= 0.6 is 11.6 Å².